The number of pyridine rings is 1. The van der Waals surface area contributed by atoms with Crippen LogP contribution in [0.25, 0.3) is 10.2 Å². The molecule has 1 aromatic carbocycles. The minimum absolute atomic E-state index is 0.0437. The van der Waals surface area contributed by atoms with Gasteiger partial charge in [-0.25, -0.2) is 4.39 Å². The van der Waals surface area contributed by atoms with Crippen LogP contribution in [0.2, 0.25) is 0 Å². The third-order valence-corrected chi connectivity index (χ3v) is 7.43. The summed E-state index contributed by atoms with van der Waals surface area (Å²) in [6.45, 7) is 2.49. The molecule has 3 aromatic rings. The predicted molar refractivity (Wildman–Crippen MR) is 130 cm³/mol. The van der Waals surface area contributed by atoms with Crippen LogP contribution in [-0.2, 0) is 16.0 Å². The maximum absolute atomic E-state index is 14.8. The zero-order chi connectivity index (χ0) is 24.5. The molecular weight excluding hydrogens is 469 g/mol. The van der Waals surface area contributed by atoms with Gasteiger partial charge in [-0.2, -0.15) is 0 Å². The van der Waals surface area contributed by atoms with Gasteiger partial charge in [-0.3, -0.25) is 19.4 Å². The number of carbonyl (C=O) groups is 3. The van der Waals surface area contributed by atoms with E-state index < -0.39 is 5.82 Å². The van der Waals surface area contributed by atoms with Gasteiger partial charge in [0.25, 0.3) is 5.91 Å². The van der Waals surface area contributed by atoms with Gasteiger partial charge in [0.2, 0.25) is 5.91 Å². The highest BCUT2D eigenvalue weighted by Crippen LogP contribution is 2.37. The molecule has 3 heterocycles. The number of ether oxygens (including phenoxy) is 1. The largest absolute Gasteiger partial charge is 0.453 e. The molecule has 2 fully saturated rings. The maximum Gasteiger partial charge on any atom is 0.264 e. The average Bonchev–Trinajstić information content (AvgIpc) is 3.31. The van der Waals surface area contributed by atoms with E-state index in [1.165, 1.54) is 30.4 Å². The summed E-state index contributed by atoms with van der Waals surface area (Å²) in [6, 6.07) is 7.91. The normalized spacial score (nSPS) is 17.5. The van der Waals surface area contributed by atoms with Gasteiger partial charge in [0, 0.05) is 51.2 Å². The molecule has 1 saturated heterocycles. The Kier molecular flexibility index (Phi) is 6.51. The van der Waals surface area contributed by atoms with E-state index >= 15 is 0 Å². The Morgan fingerprint density at radius 3 is 2.74 bits per heavy atom. The molecule has 0 unspecified atom stereocenters. The number of nitrogens with one attached hydrogen (secondary N) is 1. The number of hydrogen-bond donors (Lipinski definition) is 1. The molecule has 1 aliphatic heterocycles. The molecule has 0 bridgehead atoms. The van der Waals surface area contributed by atoms with Crippen LogP contribution in [0.1, 0.15) is 47.8 Å². The molecule has 35 heavy (non-hydrogen) atoms. The van der Waals surface area contributed by atoms with E-state index in [4.69, 9.17) is 4.74 Å². The fourth-order valence-electron chi connectivity index (χ4n) is 4.41. The number of aromatic nitrogens is 1. The van der Waals surface area contributed by atoms with E-state index in [0.717, 1.165) is 12.8 Å². The van der Waals surface area contributed by atoms with Crippen molar-refractivity contribution >= 4 is 39.2 Å². The second-order valence-corrected chi connectivity index (χ2v) is 10.4. The van der Waals surface area contributed by atoms with Gasteiger partial charge in [0.15, 0.2) is 11.6 Å². The quantitative estimate of drug-likeness (QED) is 0.498. The molecule has 7 nitrogen and oxygen atoms in total. The summed E-state index contributed by atoms with van der Waals surface area (Å²) < 4.78 is 21.3. The highest BCUT2D eigenvalue weighted by Gasteiger charge is 2.29. The van der Waals surface area contributed by atoms with E-state index in [2.05, 4.69) is 10.3 Å². The molecule has 1 saturated carbocycles. The second kappa shape index (κ2) is 9.73. The standard InChI is InChI=1S/C26H26FN3O4S/c1-15(31)29-18-7-9-30(14-18)26(33)24-13-21-25(35-24)23(6-8-28-21)34-22-5-4-17(12-20(22)27)11-19(32)10-16-2-3-16/h4-6,8,12-13,16,18H,2-3,7,9-11,14H2,1H3,(H,29,31)/t18-/m0/s1. The van der Waals surface area contributed by atoms with E-state index in [0.29, 0.717) is 58.3 Å². The Balaban J connectivity index is 1.30. The summed E-state index contributed by atoms with van der Waals surface area (Å²) in [6.07, 6.45) is 5.29. The highest BCUT2D eigenvalue weighted by molar-refractivity contribution is 7.21. The van der Waals surface area contributed by atoms with Crippen molar-refractivity contribution in [1.29, 1.82) is 0 Å². The van der Waals surface area contributed by atoms with E-state index in [1.807, 2.05) is 0 Å². The number of thiophene rings is 1. The maximum atomic E-state index is 14.8. The van der Waals surface area contributed by atoms with Gasteiger partial charge in [0.05, 0.1) is 15.1 Å². The zero-order valence-corrected chi connectivity index (χ0v) is 20.2. The first-order valence-corrected chi connectivity index (χ1v) is 12.6. The van der Waals surface area contributed by atoms with Crippen LogP contribution < -0.4 is 10.1 Å². The van der Waals surface area contributed by atoms with Crippen LogP contribution in [0, 0.1) is 11.7 Å². The minimum atomic E-state index is -0.541. The first-order chi connectivity index (χ1) is 16.9. The lowest BCUT2D eigenvalue weighted by molar-refractivity contribution is -0.120. The van der Waals surface area contributed by atoms with Crippen molar-refractivity contribution in [3.8, 4) is 11.5 Å². The molecule has 2 aliphatic rings. The number of hydrogen-bond acceptors (Lipinski definition) is 6. The lowest BCUT2D eigenvalue weighted by Crippen LogP contribution is -2.37. The Morgan fingerprint density at radius 1 is 1.17 bits per heavy atom. The minimum Gasteiger partial charge on any atom is -0.453 e. The molecule has 5 rings (SSSR count). The van der Waals surface area contributed by atoms with Crippen molar-refractivity contribution in [2.24, 2.45) is 5.92 Å². The van der Waals surface area contributed by atoms with Gasteiger partial charge in [-0.1, -0.05) is 6.07 Å². The first kappa shape index (κ1) is 23.4. The number of likely N-dealkylation sites (tertiary alicyclic amines) is 1. The van der Waals surface area contributed by atoms with Gasteiger partial charge >= 0.3 is 0 Å². The van der Waals surface area contributed by atoms with Gasteiger partial charge in [-0.05, 0) is 48.9 Å². The summed E-state index contributed by atoms with van der Waals surface area (Å²) in [5, 5.41) is 2.86. The van der Waals surface area contributed by atoms with Crippen LogP contribution >= 0.6 is 11.3 Å². The van der Waals surface area contributed by atoms with Crippen LogP contribution in [0.4, 0.5) is 4.39 Å². The lowest BCUT2D eigenvalue weighted by Gasteiger charge is -2.15. The molecule has 2 amide bonds. The van der Waals surface area contributed by atoms with Crippen LogP contribution in [0.15, 0.2) is 36.5 Å². The fourth-order valence-corrected chi connectivity index (χ4v) is 5.44. The Bertz CT molecular complexity index is 1300. The summed E-state index contributed by atoms with van der Waals surface area (Å²) in [7, 11) is 0. The monoisotopic (exact) mass is 495 g/mol. The highest BCUT2D eigenvalue weighted by atomic mass is 32.1. The van der Waals surface area contributed by atoms with Crippen molar-refractivity contribution < 1.29 is 23.5 Å². The van der Waals surface area contributed by atoms with Gasteiger partial charge < -0.3 is 15.0 Å². The third-order valence-electron chi connectivity index (χ3n) is 6.30. The van der Waals surface area contributed by atoms with E-state index in [1.54, 1.807) is 29.3 Å². The zero-order valence-electron chi connectivity index (χ0n) is 19.4. The van der Waals surface area contributed by atoms with Crippen LogP contribution in [0.5, 0.6) is 11.5 Å². The van der Waals surface area contributed by atoms with Crippen molar-refractivity contribution in [2.45, 2.75) is 45.1 Å². The summed E-state index contributed by atoms with van der Waals surface area (Å²) >= 11 is 1.25. The molecule has 2 aromatic heterocycles. The smallest absolute Gasteiger partial charge is 0.264 e. The number of amides is 2. The summed E-state index contributed by atoms with van der Waals surface area (Å²) in [4.78, 5) is 43.0. The van der Waals surface area contributed by atoms with Crippen molar-refractivity contribution in [3.63, 3.8) is 0 Å². The number of fused-ring (bicyclic) bond motifs is 1. The van der Waals surface area contributed by atoms with Crippen LogP contribution in [-0.4, -0.2) is 46.6 Å². The number of rotatable bonds is 8. The Labute approximate surface area is 206 Å². The lowest BCUT2D eigenvalue weighted by atomic mass is 10.0. The molecule has 0 radical (unpaired) electrons. The number of carbonyl (C=O) groups excluding carboxylic acids is 3. The average molecular weight is 496 g/mol. The second-order valence-electron chi connectivity index (χ2n) is 9.30. The summed E-state index contributed by atoms with van der Waals surface area (Å²) in [5.74, 6) is 0.327. The SMILES string of the molecule is CC(=O)N[C@H]1CCN(C(=O)c2cc3nccc(Oc4ccc(CC(=O)CC5CC5)cc4F)c3s2)C1. The molecule has 182 valence electrons. The number of nitrogens with zero attached hydrogens (tertiary/aromatic N) is 2. The fraction of sp³-hybridized carbons (Fsp3) is 0.385. The van der Waals surface area contributed by atoms with E-state index in [9.17, 15) is 18.8 Å². The Hall–Kier alpha value is -3.33. The molecule has 0 spiro atoms. The molecule has 1 N–H and O–H groups in total. The number of halogens is 1. The molecular formula is C26H26FN3O4S. The predicted octanol–water partition coefficient (Wildman–Crippen LogP) is 4.49. The number of Topliss-reactive ketones (excluding diaryl/α,β-unsaturated/α-hetero) is 1. The topological polar surface area (TPSA) is 88.6 Å². The van der Waals surface area contributed by atoms with Gasteiger partial charge in [0.1, 0.15) is 11.5 Å². The summed E-state index contributed by atoms with van der Waals surface area (Å²) in [5.41, 5.74) is 1.23. The molecule has 9 heteroatoms. The Morgan fingerprint density at radius 2 is 2.00 bits per heavy atom. The van der Waals surface area contributed by atoms with Crippen molar-refractivity contribution in [1.82, 2.24) is 15.2 Å². The van der Waals surface area contributed by atoms with Crippen molar-refractivity contribution in [3.05, 3.63) is 52.8 Å². The van der Waals surface area contributed by atoms with E-state index in [-0.39, 0.29) is 35.8 Å². The third kappa shape index (κ3) is 5.51. The van der Waals surface area contributed by atoms with Crippen molar-refractivity contribution in [2.75, 3.05) is 13.1 Å². The first-order valence-electron chi connectivity index (χ1n) is 11.8. The van der Waals surface area contributed by atoms with Gasteiger partial charge in [-0.15, -0.1) is 11.3 Å². The number of ketones is 1. The molecule has 1 atom stereocenters. The van der Waals surface area contributed by atoms with Crippen LogP contribution in [0.3, 0.4) is 0 Å². The number of benzene rings is 1. The molecule has 1 aliphatic carbocycles.